The van der Waals surface area contributed by atoms with Gasteiger partial charge in [-0.25, -0.2) is 14.8 Å². The summed E-state index contributed by atoms with van der Waals surface area (Å²) in [5.74, 6) is 0.779. The summed E-state index contributed by atoms with van der Waals surface area (Å²) in [6.07, 6.45) is 0.778. The minimum absolute atomic E-state index is 0.113. The molecule has 0 aliphatic heterocycles. The number of rotatable bonds is 2. The number of imidazole rings is 1. The highest BCUT2D eigenvalue weighted by Gasteiger charge is 2.10. The summed E-state index contributed by atoms with van der Waals surface area (Å²) in [5, 5.41) is 0. The Morgan fingerprint density at radius 2 is 2.07 bits per heavy atom. The van der Waals surface area contributed by atoms with Crippen molar-refractivity contribution in [2.45, 2.75) is 33.7 Å². The molecule has 0 amide bonds. The molecule has 0 radical (unpaired) electrons. The number of aromatic nitrogens is 4. The second-order valence-corrected chi connectivity index (χ2v) is 3.45. The summed E-state index contributed by atoms with van der Waals surface area (Å²) in [5.41, 5.74) is 2.19. The van der Waals surface area contributed by atoms with Crippen LogP contribution in [0.4, 0.5) is 0 Å². The van der Waals surface area contributed by atoms with Crippen LogP contribution in [0.3, 0.4) is 0 Å². The summed E-state index contributed by atoms with van der Waals surface area (Å²) >= 11 is 0. The quantitative estimate of drug-likeness (QED) is 0.797. The highest BCUT2D eigenvalue weighted by atomic mass is 16.1. The number of nitrogens with one attached hydrogen (secondary N) is 1. The number of nitrogens with zero attached hydrogens (tertiary/aromatic N) is 3. The molecular formula is C10H14N4O. The van der Waals surface area contributed by atoms with Crippen LogP contribution in [0.5, 0.6) is 0 Å². The lowest BCUT2D eigenvalue weighted by Gasteiger charge is -2.01. The Morgan fingerprint density at radius 1 is 1.33 bits per heavy atom. The molecule has 2 rings (SSSR count). The van der Waals surface area contributed by atoms with Gasteiger partial charge in [0.2, 0.25) is 0 Å². The van der Waals surface area contributed by atoms with Gasteiger partial charge in [0.1, 0.15) is 11.3 Å². The number of aromatic amines is 1. The van der Waals surface area contributed by atoms with Crippen molar-refractivity contribution in [3.05, 3.63) is 22.0 Å². The van der Waals surface area contributed by atoms with Gasteiger partial charge in [-0.05, 0) is 13.8 Å². The molecule has 5 nitrogen and oxygen atoms in total. The topological polar surface area (TPSA) is 63.6 Å². The first kappa shape index (κ1) is 9.89. The standard InChI is InChI=1S/C10H14N4O/c1-4-7-11-6(3)8-9(12-7)14(5-2)10(15)13-8/h4-5H2,1-3H3,(H,13,15). The predicted molar refractivity (Wildman–Crippen MR) is 57.9 cm³/mol. The molecule has 0 saturated heterocycles. The number of hydrogen-bond donors (Lipinski definition) is 1. The van der Waals surface area contributed by atoms with E-state index in [1.165, 1.54) is 0 Å². The molecule has 2 aromatic heterocycles. The zero-order chi connectivity index (χ0) is 11.0. The summed E-state index contributed by atoms with van der Waals surface area (Å²) < 4.78 is 1.63. The summed E-state index contributed by atoms with van der Waals surface area (Å²) in [6.45, 7) is 6.44. The van der Waals surface area contributed by atoms with Crippen LogP contribution in [0.25, 0.3) is 11.2 Å². The first-order valence-electron chi connectivity index (χ1n) is 5.13. The van der Waals surface area contributed by atoms with Crippen LogP contribution < -0.4 is 5.69 Å². The van der Waals surface area contributed by atoms with Crippen LogP contribution in [0, 0.1) is 6.92 Å². The molecule has 0 aliphatic carbocycles. The Balaban J connectivity index is 2.86. The lowest BCUT2D eigenvalue weighted by molar-refractivity contribution is 0.741. The highest BCUT2D eigenvalue weighted by Crippen LogP contribution is 2.11. The predicted octanol–water partition coefficient (Wildman–Crippen LogP) is 1.01. The molecule has 15 heavy (non-hydrogen) atoms. The second-order valence-electron chi connectivity index (χ2n) is 3.45. The zero-order valence-corrected chi connectivity index (χ0v) is 9.16. The van der Waals surface area contributed by atoms with Crippen molar-refractivity contribution in [1.29, 1.82) is 0 Å². The molecule has 2 heterocycles. The van der Waals surface area contributed by atoms with Crippen molar-refractivity contribution in [3.63, 3.8) is 0 Å². The van der Waals surface area contributed by atoms with Gasteiger partial charge in [-0.1, -0.05) is 6.92 Å². The summed E-state index contributed by atoms with van der Waals surface area (Å²) in [6, 6.07) is 0. The van der Waals surface area contributed by atoms with Crippen LogP contribution in [0.2, 0.25) is 0 Å². The van der Waals surface area contributed by atoms with E-state index in [0.29, 0.717) is 12.2 Å². The molecule has 5 heteroatoms. The molecule has 0 bridgehead atoms. The number of H-pyrrole nitrogens is 1. The molecule has 1 N–H and O–H groups in total. The Hall–Kier alpha value is -1.65. The first-order chi connectivity index (χ1) is 7.17. The third-order valence-electron chi connectivity index (χ3n) is 2.48. The maximum absolute atomic E-state index is 11.6. The molecule has 0 spiro atoms. The Labute approximate surface area is 87.2 Å². The largest absolute Gasteiger partial charge is 0.327 e. The Morgan fingerprint density at radius 3 is 2.67 bits per heavy atom. The van der Waals surface area contributed by atoms with E-state index in [2.05, 4.69) is 15.0 Å². The third-order valence-corrected chi connectivity index (χ3v) is 2.48. The highest BCUT2D eigenvalue weighted by molar-refractivity contribution is 5.73. The molecule has 0 saturated carbocycles. The summed E-state index contributed by atoms with van der Waals surface area (Å²) in [4.78, 5) is 23.0. The van der Waals surface area contributed by atoms with Crippen molar-refractivity contribution in [1.82, 2.24) is 19.5 Å². The van der Waals surface area contributed by atoms with Crippen molar-refractivity contribution in [3.8, 4) is 0 Å². The molecule has 0 atom stereocenters. The number of hydrogen-bond acceptors (Lipinski definition) is 3. The van der Waals surface area contributed by atoms with Gasteiger partial charge in [0.25, 0.3) is 0 Å². The number of fused-ring (bicyclic) bond motifs is 1. The van der Waals surface area contributed by atoms with Gasteiger partial charge in [-0.15, -0.1) is 0 Å². The Kier molecular flexibility index (Phi) is 2.30. The van der Waals surface area contributed by atoms with Gasteiger partial charge in [0, 0.05) is 13.0 Å². The van der Waals surface area contributed by atoms with E-state index < -0.39 is 0 Å². The molecule has 0 fully saturated rings. The van der Waals surface area contributed by atoms with Crippen molar-refractivity contribution in [2.75, 3.05) is 0 Å². The van der Waals surface area contributed by atoms with E-state index in [1.807, 2.05) is 20.8 Å². The molecule has 0 aliphatic rings. The van der Waals surface area contributed by atoms with E-state index in [1.54, 1.807) is 4.57 Å². The molecular weight excluding hydrogens is 192 g/mol. The fourth-order valence-corrected chi connectivity index (χ4v) is 1.68. The smallest absolute Gasteiger partial charge is 0.303 e. The van der Waals surface area contributed by atoms with Crippen LogP contribution >= 0.6 is 0 Å². The third kappa shape index (κ3) is 1.44. The monoisotopic (exact) mass is 206 g/mol. The van der Waals surface area contributed by atoms with Crippen molar-refractivity contribution < 1.29 is 0 Å². The average Bonchev–Trinajstić information content (AvgIpc) is 2.54. The molecule has 80 valence electrons. The minimum atomic E-state index is -0.113. The molecule has 0 unspecified atom stereocenters. The van der Waals surface area contributed by atoms with E-state index in [-0.39, 0.29) is 5.69 Å². The average molecular weight is 206 g/mol. The maximum atomic E-state index is 11.6. The lowest BCUT2D eigenvalue weighted by atomic mass is 10.3. The van der Waals surface area contributed by atoms with Gasteiger partial charge in [0.05, 0.1) is 5.69 Å². The van der Waals surface area contributed by atoms with E-state index in [4.69, 9.17) is 0 Å². The molecule has 0 aromatic carbocycles. The van der Waals surface area contributed by atoms with E-state index in [0.717, 1.165) is 23.5 Å². The SMILES string of the molecule is CCc1nc(C)c2[nH]c(=O)n(CC)c2n1. The van der Waals surface area contributed by atoms with Gasteiger partial charge in [-0.2, -0.15) is 0 Å². The second kappa shape index (κ2) is 3.49. The minimum Gasteiger partial charge on any atom is -0.303 e. The maximum Gasteiger partial charge on any atom is 0.327 e. The van der Waals surface area contributed by atoms with Crippen LogP contribution in [-0.4, -0.2) is 19.5 Å². The fourth-order valence-electron chi connectivity index (χ4n) is 1.68. The van der Waals surface area contributed by atoms with E-state index >= 15 is 0 Å². The van der Waals surface area contributed by atoms with Crippen molar-refractivity contribution in [2.24, 2.45) is 0 Å². The Bertz CT molecular complexity index is 552. The lowest BCUT2D eigenvalue weighted by Crippen LogP contribution is -2.15. The first-order valence-corrected chi connectivity index (χ1v) is 5.13. The number of aryl methyl sites for hydroxylation is 3. The van der Waals surface area contributed by atoms with E-state index in [9.17, 15) is 4.79 Å². The normalized spacial score (nSPS) is 11.1. The summed E-state index contributed by atoms with van der Waals surface area (Å²) in [7, 11) is 0. The van der Waals surface area contributed by atoms with Gasteiger partial charge in [0.15, 0.2) is 5.65 Å². The van der Waals surface area contributed by atoms with Crippen LogP contribution in [-0.2, 0) is 13.0 Å². The van der Waals surface area contributed by atoms with Gasteiger partial charge < -0.3 is 4.98 Å². The zero-order valence-electron chi connectivity index (χ0n) is 9.16. The fraction of sp³-hybridized carbons (Fsp3) is 0.500. The van der Waals surface area contributed by atoms with Crippen LogP contribution in [0.15, 0.2) is 4.79 Å². The molecule has 2 aromatic rings. The van der Waals surface area contributed by atoms with Crippen LogP contribution in [0.1, 0.15) is 25.4 Å². The van der Waals surface area contributed by atoms with Gasteiger partial charge >= 0.3 is 5.69 Å². The van der Waals surface area contributed by atoms with Gasteiger partial charge in [-0.3, -0.25) is 4.57 Å². The van der Waals surface area contributed by atoms with Crippen molar-refractivity contribution >= 4 is 11.2 Å².